The summed E-state index contributed by atoms with van der Waals surface area (Å²) in [6, 6.07) is 9.59. The summed E-state index contributed by atoms with van der Waals surface area (Å²) in [6.07, 6.45) is -4.23. The van der Waals surface area contributed by atoms with Crippen LogP contribution in [0, 0.1) is 0 Å². The minimum atomic E-state index is -4.76. The zero-order valence-corrected chi connectivity index (χ0v) is 15.9. The van der Waals surface area contributed by atoms with E-state index in [1.807, 2.05) is 0 Å². The van der Waals surface area contributed by atoms with E-state index < -0.39 is 18.8 Å². The number of aliphatic hydroxyl groups excluding tert-OH is 1. The predicted molar refractivity (Wildman–Crippen MR) is 105 cm³/mol. The van der Waals surface area contributed by atoms with Gasteiger partial charge >= 0.3 is 6.18 Å². The molecule has 9 heteroatoms. The number of rotatable bonds is 3. The van der Waals surface area contributed by atoms with Crippen molar-refractivity contribution in [3.8, 4) is 11.3 Å². The lowest BCUT2D eigenvalue weighted by Crippen LogP contribution is -2.32. The van der Waals surface area contributed by atoms with Crippen molar-refractivity contribution in [3.63, 3.8) is 0 Å². The first kappa shape index (κ1) is 19.5. The average Bonchev–Trinajstić information content (AvgIpc) is 3.04. The second kappa shape index (κ2) is 6.89. The molecule has 0 radical (unpaired) electrons. The third-order valence-corrected chi connectivity index (χ3v) is 5.25. The first-order chi connectivity index (χ1) is 13.7. The molecule has 4 aromatic rings. The van der Waals surface area contributed by atoms with E-state index >= 15 is 0 Å². The Kier molecular flexibility index (Phi) is 4.63. The highest BCUT2D eigenvalue weighted by molar-refractivity contribution is 6.37. The van der Waals surface area contributed by atoms with Gasteiger partial charge in [0.2, 0.25) is 0 Å². The van der Waals surface area contributed by atoms with Gasteiger partial charge in [-0.05, 0) is 30.3 Å². The number of benzene rings is 1. The van der Waals surface area contributed by atoms with Crippen LogP contribution in [0.25, 0.3) is 33.1 Å². The lowest BCUT2D eigenvalue weighted by atomic mass is 10.1. The van der Waals surface area contributed by atoms with Crippen LogP contribution in [-0.2, 0) is 13.6 Å². The van der Waals surface area contributed by atoms with Crippen LogP contribution in [0.1, 0.15) is 0 Å². The second-order valence-electron chi connectivity index (χ2n) is 6.72. The fraction of sp³-hybridized carbons (Fsp3) is 0.200. The highest BCUT2D eigenvalue weighted by Gasteiger charge is 2.39. The molecule has 0 unspecified atom stereocenters. The predicted octanol–water partition coefficient (Wildman–Crippen LogP) is 4.13. The van der Waals surface area contributed by atoms with Gasteiger partial charge in [0.15, 0.2) is 6.10 Å². The Labute approximate surface area is 167 Å². The normalized spacial score (nSPS) is 13.3. The van der Waals surface area contributed by atoms with E-state index in [0.29, 0.717) is 33.1 Å². The number of fused-ring (bicyclic) bond motifs is 3. The molecule has 5 nitrogen and oxygen atoms in total. The smallest absolute Gasteiger partial charge is 0.382 e. The van der Waals surface area contributed by atoms with Crippen molar-refractivity contribution in [3.05, 3.63) is 64.2 Å². The van der Waals surface area contributed by atoms with Gasteiger partial charge in [-0.3, -0.25) is 9.78 Å². The Morgan fingerprint density at radius 1 is 1.14 bits per heavy atom. The summed E-state index contributed by atoms with van der Waals surface area (Å²) in [7, 11) is 1.60. The Hall–Kier alpha value is -2.84. The molecule has 3 heterocycles. The van der Waals surface area contributed by atoms with Crippen LogP contribution in [0.4, 0.5) is 13.2 Å². The van der Waals surface area contributed by atoms with Crippen LogP contribution in [0.2, 0.25) is 5.02 Å². The fourth-order valence-corrected chi connectivity index (χ4v) is 3.78. The molecule has 0 amide bonds. The Balaban J connectivity index is 2.07. The molecule has 4 rings (SSSR count). The van der Waals surface area contributed by atoms with E-state index in [-0.39, 0.29) is 10.6 Å². The van der Waals surface area contributed by atoms with E-state index in [1.165, 1.54) is 27.6 Å². The Morgan fingerprint density at radius 3 is 2.45 bits per heavy atom. The molecule has 1 N–H and O–H groups in total. The number of hydrogen-bond acceptors (Lipinski definition) is 3. The molecule has 0 aliphatic carbocycles. The van der Waals surface area contributed by atoms with Crippen LogP contribution in [0.15, 0.2) is 53.6 Å². The van der Waals surface area contributed by atoms with Gasteiger partial charge in [0.1, 0.15) is 0 Å². The largest absolute Gasteiger partial charge is 0.416 e. The number of aliphatic hydroxyl groups is 1. The topological polar surface area (TPSA) is 60.0 Å². The molecule has 3 aromatic heterocycles. The second-order valence-corrected chi connectivity index (χ2v) is 7.12. The highest BCUT2D eigenvalue weighted by atomic mass is 35.5. The van der Waals surface area contributed by atoms with Crippen LogP contribution in [-0.4, -0.2) is 31.5 Å². The molecule has 0 aliphatic rings. The van der Waals surface area contributed by atoms with Crippen molar-refractivity contribution in [2.75, 3.05) is 0 Å². The summed E-state index contributed by atoms with van der Waals surface area (Å²) in [5, 5.41) is 11.1. The van der Waals surface area contributed by atoms with E-state index in [1.54, 1.807) is 37.4 Å². The number of aryl methyl sites for hydroxylation is 1. The molecule has 150 valence electrons. The SMILES string of the molecule is Cn1c(=O)cc(Cl)c2c3cc(-c4ccncc4)n(C[C@@H](O)C(F)(F)F)c3ccc21. The van der Waals surface area contributed by atoms with Crippen molar-refractivity contribution >= 4 is 33.4 Å². The lowest BCUT2D eigenvalue weighted by Gasteiger charge is -2.18. The van der Waals surface area contributed by atoms with E-state index in [0.717, 1.165) is 0 Å². The van der Waals surface area contributed by atoms with Crippen molar-refractivity contribution in [1.82, 2.24) is 14.1 Å². The first-order valence-corrected chi connectivity index (χ1v) is 9.03. The van der Waals surface area contributed by atoms with Crippen molar-refractivity contribution in [2.45, 2.75) is 18.8 Å². The molecule has 29 heavy (non-hydrogen) atoms. The van der Waals surface area contributed by atoms with Gasteiger partial charge in [-0.1, -0.05) is 11.6 Å². The number of alkyl halides is 3. The molecule has 1 aromatic carbocycles. The molecular formula is C20H15ClF3N3O2. The minimum Gasteiger partial charge on any atom is -0.382 e. The van der Waals surface area contributed by atoms with Crippen molar-refractivity contribution < 1.29 is 18.3 Å². The molecule has 0 saturated heterocycles. The summed E-state index contributed by atoms with van der Waals surface area (Å²) >= 11 is 6.34. The number of hydrogen-bond donors (Lipinski definition) is 1. The maximum atomic E-state index is 13.1. The molecule has 0 aliphatic heterocycles. The van der Waals surface area contributed by atoms with Gasteiger partial charge in [0, 0.05) is 53.1 Å². The summed E-state index contributed by atoms with van der Waals surface area (Å²) in [5.41, 5.74) is 1.85. The van der Waals surface area contributed by atoms with Crippen LogP contribution >= 0.6 is 11.6 Å². The van der Waals surface area contributed by atoms with E-state index in [9.17, 15) is 23.1 Å². The minimum absolute atomic E-state index is 0.212. The maximum Gasteiger partial charge on any atom is 0.416 e. The van der Waals surface area contributed by atoms with Crippen molar-refractivity contribution in [1.29, 1.82) is 0 Å². The Bertz CT molecular complexity index is 1280. The van der Waals surface area contributed by atoms with Gasteiger partial charge in [0.05, 0.1) is 17.1 Å². The molecule has 0 bridgehead atoms. The highest BCUT2D eigenvalue weighted by Crippen LogP contribution is 2.36. The number of pyridine rings is 2. The van der Waals surface area contributed by atoms with Crippen molar-refractivity contribution in [2.24, 2.45) is 7.05 Å². The van der Waals surface area contributed by atoms with Gasteiger partial charge in [-0.25, -0.2) is 0 Å². The quantitative estimate of drug-likeness (QED) is 0.541. The molecule has 0 saturated carbocycles. The molecule has 1 atom stereocenters. The third kappa shape index (κ3) is 3.28. The van der Waals surface area contributed by atoms with Gasteiger partial charge in [-0.15, -0.1) is 0 Å². The zero-order valence-electron chi connectivity index (χ0n) is 15.1. The third-order valence-electron chi connectivity index (χ3n) is 4.95. The Morgan fingerprint density at radius 2 is 1.79 bits per heavy atom. The molecule has 0 fully saturated rings. The monoisotopic (exact) mass is 421 g/mol. The van der Waals surface area contributed by atoms with E-state index in [4.69, 9.17) is 11.6 Å². The average molecular weight is 422 g/mol. The van der Waals surface area contributed by atoms with Gasteiger partial charge in [-0.2, -0.15) is 13.2 Å². The van der Waals surface area contributed by atoms with Crippen LogP contribution in [0.5, 0.6) is 0 Å². The summed E-state index contributed by atoms with van der Waals surface area (Å²) in [4.78, 5) is 16.0. The van der Waals surface area contributed by atoms with Gasteiger partial charge < -0.3 is 14.2 Å². The zero-order chi connectivity index (χ0) is 20.9. The van der Waals surface area contributed by atoms with Crippen LogP contribution in [0.3, 0.4) is 0 Å². The first-order valence-electron chi connectivity index (χ1n) is 8.65. The molecule has 0 spiro atoms. The van der Waals surface area contributed by atoms with Crippen LogP contribution < -0.4 is 5.56 Å². The summed E-state index contributed by atoms with van der Waals surface area (Å²) in [6.45, 7) is -0.681. The lowest BCUT2D eigenvalue weighted by molar-refractivity contribution is -0.207. The summed E-state index contributed by atoms with van der Waals surface area (Å²) < 4.78 is 42.0. The fourth-order valence-electron chi connectivity index (χ4n) is 3.48. The molecular weight excluding hydrogens is 407 g/mol. The van der Waals surface area contributed by atoms with Gasteiger partial charge in [0.25, 0.3) is 5.56 Å². The number of nitrogens with zero attached hydrogens (tertiary/aromatic N) is 3. The number of aromatic nitrogens is 3. The van der Waals surface area contributed by atoms with E-state index in [2.05, 4.69) is 4.98 Å². The number of halogens is 4. The standard InChI is InChI=1S/C20H15ClF3N3O2/c1-26-15-3-2-14-12(19(15)13(21)9-18(26)29)8-16(11-4-6-25-7-5-11)27(14)10-17(28)20(22,23)24/h2-9,17,28H,10H2,1H3/t17-/m1/s1. The summed E-state index contributed by atoms with van der Waals surface area (Å²) in [5.74, 6) is 0. The maximum absolute atomic E-state index is 13.1.